The summed E-state index contributed by atoms with van der Waals surface area (Å²) in [6.07, 6.45) is 0. The average molecular weight is 253 g/mol. The second-order valence-electron chi connectivity index (χ2n) is 3.36. The van der Waals surface area contributed by atoms with E-state index in [0.717, 1.165) is 0 Å². The van der Waals surface area contributed by atoms with E-state index in [-0.39, 0.29) is 0 Å². The van der Waals surface area contributed by atoms with Gasteiger partial charge in [0.05, 0.1) is 10.0 Å². The molecule has 0 atom stereocenters. The Labute approximate surface area is 102 Å². The van der Waals surface area contributed by atoms with Crippen molar-refractivity contribution >= 4 is 23.2 Å². The highest BCUT2D eigenvalue weighted by atomic mass is 35.5. The zero-order chi connectivity index (χ0) is 11.1. The van der Waals surface area contributed by atoms with Gasteiger partial charge in [0.25, 0.3) is 0 Å². The van der Waals surface area contributed by atoms with Crippen LogP contribution < -0.4 is 9.47 Å². The largest absolute Gasteiger partial charge is 0.449 e. The molecule has 1 heterocycles. The molecule has 2 aromatic carbocycles. The van der Waals surface area contributed by atoms with Crippen molar-refractivity contribution in [2.45, 2.75) is 0 Å². The van der Waals surface area contributed by atoms with Crippen molar-refractivity contribution in [1.29, 1.82) is 0 Å². The van der Waals surface area contributed by atoms with Crippen molar-refractivity contribution < 1.29 is 9.47 Å². The lowest BCUT2D eigenvalue weighted by atomic mass is 10.2. The Morgan fingerprint density at radius 3 is 1.56 bits per heavy atom. The van der Waals surface area contributed by atoms with Gasteiger partial charge in [-0.05, 0) is 12.1 Å². The fourth-order valence-corrected chi connectivity index (χ4v) is 1.83. The van der Waals surface area contributed by atoms with Crippen LogP contribution in [0.15, 0.2) is 36.4 Å². The van der Waals surface area contributed by atoms with E-state index in [1.54, 1.807) is 12.1 Å². The third-order valence-electron chi connectivity index (χ3n) is 2.28. The second kappa shape index (κ2) is 3.58. The summed E-state index contributed by atoms with van der Waals surface area (Å²) >= 11 is 11.8. The summed E-state index contributed by atoms with van der Waals surface area (Å²) in [7, 11) is 0. The van der Waals surface area contributed by atoms with Crippen LogP contribution >= 0.6 is 23.2 Å². The van der Waals surface area contributed by atoms with Crippen molar-refractivity contribution in [2.24, 2.45) is 0 Å². The lowest BCUT2D eigenvalue weighted by molar-refractivity contribution is 0.359. The van der Waals surface area contributed by atoms with Gasteiger partial charge >= 0.3 is 0 Å². The number of rotatable bonds is 0. The quantitative estimate of drug-likeness (QED) is 0.567. The Morgan fingerprint density at radius 1 is 0.688 bits per heavy atom. The summed E-state index contributed by atoms with van der Waals surface area (Å²) in [5, 5.41) is 0.895. The Balaban J connectivity index is 2.12. The maximum absolute atomic E-state index is 5.91. The number of halogens is 2. The zero-order valence-corrected chi connectivity index (χ0v) is 9.55. The molecule has 0 amide bonds. The highest BCUT2D eigenvalue weighted by Gasteiger charge is 2.19. The van der Waals surface area contributed by atoms with Crippen LogP contribution in [-0.4, -0.2) is 0 Å². The molecule has 1 aliphatic heterocycles. The summed E-state index contributed by atoms with van der Waals surface area (Å²) in [6, 6.07) is 10.7. The minimum absolute atomic E-state index is 0.448. The summed E-state index contributed by atoms with van der Waals surface area (Å²) in [5.74, 6) is 2.50. The van der Waals surface area contributed by atoms with Crippen LogP contribution in [0.2, 0.25) is 10.0 Å². The Kier molecular flexibility index (Phi) is 2.20. The molecule has 16 heavy (non-hydrogen) atoms. The Hall–Kier alpha value is -1.38. The first-order chi connectivity index (χ1) is 7.74. The first-order valence-corrected chi connectivity index (χ1v) is 5.43. The van der Waals surface area contributed by atoms with Crippen LogP contribution in [0.1, 0.15) is 0 Å². The van der Waals surface area contributed by atoms with Crippen molar-refractivity contribution in [3.8, 4) is 23.0 Å². The average Bonchev–Trinajstić information content (AvgIpc) is 2.28. The molecular weight excluding hydrogens is 247 g/mol. The highest BCUT2D eigenvalue weighted by molar-refractivity contribution is 6.42. The van der Waals surface area contributed by atoms with E-state index >= 15 is 0 Å². The van der Waals surface area contributed by atoms with Crippen LogP contribution in [0.25, 0.3) is 0 Å². The van der Waals surface area contributed by atoms with Crippen LogP contribution in [0, 0.1) is 0 Å². The summed E-state index contributed by atoms with van der Waals surface area (Å²) < 4.78 is 11.3. The molecule has 0 N–H and O–H groups in total. The van der Waals surface area contributed by atoms with Gasteiger partial charge in [-0.3, -0.25) is 0 Å². The van der Waals surface area contributed by atoms with Crippen molar-refractivity contribution in [3.05, 3.63) is 46.4 Å². The lowest BCUT2D eigenvalue weighted by Crippen LogP contribution is -1.98. The smallest absolute Gasteiger partial charge is 0.171 e. The molecule has 80 valence electrons. The molecule has 4 heteroatoms. The van der Waals surface area contributed by atoms with Gasteiger partial charge in [-0.2, -0.15) is 0 Å². The van der Waals surface area contributed by atoms with Crippen LogP contribution in [0.3, 0.4) is 0 Å². The molecule has 2 nitrogen and oxygen atoms in total. The van der Waals surface area contributed by atoms with E-state index in [0.29, 0.717) is 33.0 Å². The maximum Gasteiger partial charge on any atom is 0.171 e. The van der Waals surface area contributed by atoms with Crippen LogP contribution in [-0.2, 0) is 0 Å². The third kappa shape index (κ3) is 1.51. The minimum Gasteiger partial charge on any atom is -0.449 e. The van der Waals surface area contributed by atoms with Gasteiger partial charge in [-0.1, -0.05) is 35.3 Å². The molecule has 0 fully saturated rings. The third-order valence-corrected chi connectivity index (χ3v) is 3.00. The standard InChI is InChI=1S/C12H6Cl2O2/c13-7-5-11-12(6-8(7)14)16-10-4-2-1-3-9(10)15-11/h1-6H. The molecule has 3 rings (SSSR count). The maximum atomic E-state index is 5.91. The predicted octanol–water partition coefficient (Wildman–Crippen LogP) is 4.89. The van der Waals surface area contributed by atoms with E-state index in [9.17, 15) is 0 Å². The SMILES string of the molecule is Clc1cc2c(cc1Cl)Oc1ccccc1O2. The van der Waals surface area contributed by atoms with Gasteiger partial charge < -0.3 is 9.47 Å². The topological polar surface area (TPSA) is 18.5 Å². The van der Waals surface area contributed by atoms with E-state index in [1.165, 1.54) is 0 Å². The predicted molar refractivity (Wildman–Crippen MR) is 63.1 cm³/mol. The molecule has 2 aromatic rings. The summed E-state index contributed by atoms with van der Waals surface area (Å²) in [4.78, 5) is 0. The molecule has 0 aromatic heterocycles. The van der Waals surface area contributed by atoms with E-state index in [2.05, 4.69) is 0 Å². The first kappa shape index (κ1) is 9.82. The zero-order valence-electron chi connectivity index (χ0n) is 8.04. The van der Waals surface area contributed by atoms with E-state index in [1.807, 2.05) is 24.3 Å². The van der Waals surface area contributed by atoms with E-state index in [4.69, 9.17) is 32.7 Å². The fourth-order valence-electron chi connectivity index (χ4n) is 1.53. The number of hydrogen-bond acceptors (Lipinski definition) is 2. The van der Waals surface area contributed by atoms with Gasteiger partial charge in [-0.25, -0.2) is 0 Å². The van der Waals surface area contributed by atoms with Crippen LogP contribution in [0.5, 0.6) is 23.0 Å². The van der Waals surface area contributed by atoms with Crippen molar-refractivity contribution in [1.82, 2.24) is 0 Å². The molecule has 0 unspecified atom stereocenters. The number of fused-ring (bicyclic) bond motifs is 2. The molecule has 0 aliphatic carbocycles. The number of hydrogen-bond donors (Lipinski definition) is 0. The Bertz CT molecular complexity index is 517. The lowest BCUT2D eigenvalue weighted by Gasteiger charge is -2.20. The van der Waals surface area contributed by atoms with E-state index < -0.39 is 0 Å². The molecular formula is C12H6Cl2O2. The summed E-state index contributed by atoms with van der Waals surface area (Å²) in [5.41, 5.74) is 0. The Morgan fingerprint density at radius 2 is 1.12 bits per heavy atom. The first-order valence-electron chi connectivity index (χ1n) is 4.68. The molecule has 0 bridgehead atoms. The summed E-state index contributed by atoms with van der Waals surface area (Å²) in [6.45, 7) is 0. The van der Waals surface area contributed by atoms with Crippen LogP contribution in [0.4, 0.5) is 0 Å². The van der Waals surface area contributed by atoms with Crippen molar-refractivity contribution in [3.63, 3.8) is 0 Å². The molecule has 1 aliphatic rings. The van der Waals surface area contributed by atoms with Gasteiger partial charge in [0.2, 0.25) is 0 Å². The number of para-hydroxylation sites is 2. The normalized spacial score (nSPS) is 12.1. The van der Waals surface area contributed by atoms with Gasteiger partial charge in [0.15, 0.2) is 23.0 Å². The van der Waals surface area contributed by atoms with Gasteiger partial charge in [0, 0.05) is 12.1 Å². The second-order valence-corrected chi connectivity index (χ2v) is 4.18. The fraction of sp³-hybridized carbons (Fsp3) is 0. The molecule has 0 radical (unpaired) electrons. The molecule has 0 spiro atoms. The monoisotopic (exact) mass is 252 g/mol. The molecule has 0 saturated heterocycles. The van der Waals surface area contributed by atoms with Gasteiger partial charge in [-0.15, -0.1) is 0 Å². The number of ether oxygens (including phenoxy) is 2. The van der Waals surface area contributed by atoms with Crippen molar-refractivity contribution in [2.75, 3.05) is 0 Å². The molecule has 0 saturated carbocycles. The highest BCUT2D eigenvalue weighted by Crippen LogP contribution is 2.47. The minimum atomic E-state index is 0.448. The van der Waals surface area contributed by atoms with Gasteiger partial charge in [0.1, 0.15) is 0 Å². The number of benzene rings is 2.